The average molecular weight is 248 g/mol. The van der Waals surface area contributed by atoms with E-state index < -0.39 is 18.0 Å². The van der Waals surface area contributed by atoms with Gasteiger partial charge in [-0.1, -0.05) is 0 Å². The summed E-state index contributed by atoms with van der Waals surface area (Å²) < 4.78 is 9.91. The number of urea groups is 1. The maximum absolute atomic E-state index is 11.2. The molecule has 7 nitrogen and oxygen atoms in total. The van der Waals surface area contributed by atoms with Gasteiger partial charge in [-0.2, -0.15) is 0 Å². The monoisotopic (exact) mass is 248 g/mol. The van der Waals surface area contributed by atoms with Gasteiger partial charge in [-0.3, -0.25) is 4.79 Å². The molecule has 0 aliphatic rings. The largest absolute Gasteiger partial charge is 0.481 e. The highest BCUT2D eigenvalue weighted by molar-refractivity contribution is 5.75. The maximum Gasteiger partial charge on any atom is 0.315 e. The molecule has 100 valence electrons. The molecule has 1 atom stereocenters. The van der Waals surface area contributed by atoms with E-state index in [-0.39, 0.29) is 6.42 Å². The van der Waals surface area contributed by atoms with Crippen molar-refractivity contribution in [2.75, 3.05) is 33.5 Å². The van der Waals surface area contributed by atoms with E-state index in [9.17, 15) is 9.59 Å². The Morgan fingerprint density at radius 1 is 1.29 bits per heavy atom. The summed E-state index contributed by atoms with van der Waals surface area (Å²) >= 11 is 0. The zero-order valence-electron chi connectivity index (χ0n) is 10.2. The highest BCUT2D eigenvalue weighted by atomic mass is 16.5. The molecule has 0 saturated carbocycles. The van der Waals surface area contributed by atoms with Crippen molar-refractivity contribution >= 4 is 12.0 Å². The van der Waals surface area contributed by atoms with Crippen LogP contribution in [0.15, 0.2) is 0 Å². The molecule has 0 heterocycles. The molecule has 7 heteroatoms. The number of amides is 2. The van der Waals surface area contributed by atoms with Crippen molar-refractivity contribution in [1.29, 1.82) is 0 Å². The first-order valence-corrected chi connectivity index (χ1v) is 5.39. The van der Waals surface area contributed by atoms with Crippen LogP contribution in [0.5, 0.6) is 0 Å². The zero-order chi connectivity index (χ0) is 13.1. The molecule has 0 spiro atoms. The van der Waals surface area contributed by atoms with Gasteiger partial charge in [0.1, 0.15) is 0 Å². The zero-order valence-corrected chi connectivity index (χ0v) is 10.2. The predicted octanol–water partition coefficient (Wildman–Crippen LogP) is -0.188. The van der Waals surface area contributed by atoms with Crippen LogP contribution in [0.1, 0.15) is 13.3 Å². The number of carboxylic acid groups (broad SMARTS) is 1. The lowest BCUT2D eigenvalue weighted by molar-refractivity contribution is -0.137. The van der Waals surface area contributed by atoms with E-state index in [0.717, 1.165) is 0 Å². The Bertz CT molecular complexity index is 235. The number of hydrogen-bond acceptors (Lipinski definition) is 4. The number of aliphatic carboxylic acids is 1. The van der Waals surface area contributed by atoms with E-state index in [4.69, 9.17) is 14.6 Å². The minimum atomic E-state index is -0.944. The molecule has 0 bridgehead atoms. The molecule has 2 amide bonds. The highest BCUT2D eigenvalue weighted by Gasteiger charge is 2.09. The van der Waals surface area contributed by atoms with Crippen LogP contribution >= 0.6 is 0 Å². The van der Waals surface area contributed by atoms with E-state index in [1.165, 1.54) is 0 Å². The van der Waals surface area contributed by atoms with Crippen LogP contribution in [0.4, 0.5) is 4.79 Å². The molecule has 17 heavy (non-hydrogen) atoms. The van der Waals surface area contributed by atoms with Crippen molar-refractivity contribution in [2.45, 2.75) is 19.4 Å². The van der Waals surface area contributed by atoms with Gasteiger partial charge in [-0.05, 0) is 6.92 Å². The number of rotatable bonds is 9. The Kier molecular flexibility index (Phi) is 9.08. The Hall–Kier alpha value is -1.34. The topological polar surface area (TPSA) is 96.9 Å². The summed E-state index contributed by atoms with van der Waals surface area (Å²) in [6.45, 7) is 3.39. The van der Waals surface area contributed by atoms with E-state index in [0.29, 0.717) is 26.4 Å². The Labute approximate surface area is 100 Å². The second kappa shape index (κ2) is 9.86. The molecule has 0 aromatic rings. The second-order valence-electron chi connectivity index (χ2n) is 3.50. The van der Waals surface area contributed by atoms with Crippen molar-refractivity contribution in [3.05, 3.63) is 0 Å². The SMILES string of the molecule is COCCOCCNC(=O)NC(C)CC(=O)O. The number of hydrogen-bond donors (Lipinski definition) is 3. The van der Waals surface area contributed by atoms with Crippen LogP contribution in [0.2, 0.25) is 0 Å². The lowest BCUT2D eigenvalue weighted by Gasteiger charge is -2.12. The van der Waals surface area contributed by atoms with Gasteiger partial charge in [0.15, 0.2) is 0 Å². The summed E-state index contributed by atoms with van der Waals surface area (Å²) in [5.41, 5.74) is 0. The normalized spacial score (nSPS) is 11.9. The van der Waals surface area contributed by atoms with Crippen molar-refractivity contribution in [2.24, 2.45) is 0 Å². The summed E-state index contributed by atoms with van der Waals surface area (Å²) in [5, 5.41) is 13.5. The van der Waals surface area contributed by atoms with Gasteiger partial charge in [-0.25, -0.2) is 4.79 Å². The van der Waals surface area contributed by atoms with Gasteiger partial charge >= 0.3 is 12.0 Å². The summed E-state index contributed by atoms with van der Waals surface area (Å²) in [7, 11) is 1.58. The van der Waals surface area contributed by atoms with Crippen molar-refractivity contribution in [3.63, 3.8) is 0 Å². The quantitative estimate of drug-likeness (QED) is 0.491. The fourth-order valence-electron chi connectivity index (χ4n) is 1.07. The van der Waals surface area contributed by atoms with Crippen LogP contribution in [-0.4, -0.2) is 56.6 Å². The van der Waals surface area contributed by atoms with Crippen molar-refractivity contribution in [3.8, 4) is 0 Å². The second-order valence-corrected chi connectivity index (χ2v) is 3.50. The predicted molar refractivity (Wildman–Crippen MR) is 60.9 cm³/mol. The summed E-state index contributed by atoms with van der Waals surface area (Å²) in [6, 6.07) is -0.795. The fraction of sp³-hybridized carbons (Fsp3) is 0.800. The number of carbonyl (C=O) groups is 2. The first kappa shape index (κ1) is 15.7. The molecule has 0 saturated heterocycles. The molecule has 0 fully saturated rings. The average Bonchev–Trinajstić information content (AvgIpc) is 2.21. The number of carboxylic acids is 1. The number of nitrogens with one attached hydrogen (secondary N) is 2. The lowest BCUT2D eigenvalue weighted by Crippen LogP contribution is -2.42. The van der Waals surface area contributed by atoms with Gasteiger partial charge in [0.25, 0.3) is 0 Å². The van der Waals surface area contributed by atoms with E-state index in [1.54, 1.807) is 14.0 Å². The molecule has 0 radical (unpaired) electrons. The third kappa shape index (κ3) is 10.9. The Morgan fingerprint density at radius 2 is 2.00 bits per heavy atom. The first-order valence-electron chi connectivity index (χ1n) is 5.39. The number of methoxy groups -OCH3 is 1. The lowest BCUT2D eigenvalue weighted by atomic mass is 10.2. The van der Waals surface area contributed by atoms with Gasteiger partial charge in [0.2, 0.25) is 0 Å². The fourth-order valence-corrected chi connectivity index (χ4v) is 1.07. The molecular weight excluding hydrogens is 228 g/mol. The van der Waals surface area contributed by atoms with Crippen LogP contribution in [-0.2, 0) is 14.3 Å². The van der Waals surface area contributed by atoms with Gasteiger partial charge in [-0.15, -0.1) is 0 Å². The highest BCUT2D eigenvalue weighted by Crippen LogP contribution is 1.89. The third-order valence-corrected chi connectivity index (χ3v) is 1.82. The van der Waals surface area contributed by atoms with Crippen LogP contribution in [0, 0.1) is 0 Å². The number of carbonyl (C=O) groups excluding carboxylic acids is 1. The van der Waals surface area contributed by atoms with Gasteiger partial charge < -0.3 is 25.2 Å². The van der Waals surface area contributed by atoms with Crippen molar-refractivity contribution in [1.82, 2.24) is 10.6 Å². The van der Waals surface area contributed by atoms with Crippen molar-refractivity contribution < 1.29 is 24.2 Å². The summed E-state index contributed by atoms with van der Waals surface area (Å²) in [5.74, 6) is -0.944. The number of ether oxygens (including phenoxy) is 2. The minimum absolute atomic E-state index is 0.0994. The molecule has 1 unspecified atom stereocenters. The molecule has 0 rings (SSSR count). The molecule has 0 aliphatic carbocycles. The molecular formula is C10H20N2O5. The van der Waals surface area contributed by atoms with Gasteiger partial charge in [0.05, 0.1) is 26.2 Å². The Morgan fingerprint density at radius 3 is 2.59 bits per heavy atom. The van der Waals surface area contributed by atoms with Gasteiger partial charge in [0, 0.05) is 19.7 Å². The van der Waals surface area contributed by atoms with Crippen LogP contribution in [0.25, 0.3) is 0 Å². The molecule has 0 aromatic carbocycles. The van der Waals surface area contributed by atoms with Crippen LogP contribution in [0.3, 0.4) is 0 Å². The maximum atomic E-state index is 11.2. The first-order chi connectivity index (χ1) is 8.06. The third-order valence-electron chi connectivity index (χ3n) is 1.82. The Balaban J connectivity index is 3.43. The summed E-state index contributed by atoms with van der Waals surface area (Å²) in [4.78, 5) is 21.6. The molecule has 0 aromatic heterocycles. The van der Waals surface area contributed by atoms with E-state index in [1.807, 2.05) is 0 Å². The van der Waals surface area contributed by atoms with Crippen LogP contribution < -0.4 is 10.6 Å². The summed E-state index contributed by atoms with van der Waals surface area (Å²) in [6.07, 6.45) is -0.0994. The smallest absolute Gasteiger partial charge is 0.315 e. The van der Waals surface area contributed by atoms with E-state index in [2.05, 4.69) is 10.6 Å². The molecule has 0 aliphatic heterocycles. The van der Waals surface area contributed by atoms with E-state index >= 15 is 0 Å². The standard InChI is InChI=1S/C10H20N2O5/c1-8(7-9(13)14)12-10(15)11-3-4-17-6-5-16-2/h8H,3-7H2,1-2H3,(H,13,14)(H2,11,12,15). The molecule has 3 N–H and O–H groups in total. The minimum Gasteiger partial charge on any atom is -0.481 e.